The summed E-state index contributed by atoms with van der Waals surface area (Å²) in [7, 11) is 0. The number of aromatic nitrogens is 1. The molecule has 0 unspecified atom stereocenters. The molecule has 102 valence electrons. The number of hydrogen-bond donors (Lipinski definition) is 1. The summed E-state index contributed by atoms with van der Waals surface area (Å²) in [5, 5.41) is 19.1. The molecular weight excluding hydrogens is 299 g/mol. The number of thioether (sulfide) groups is 1. The molecule has 0 saturated heterocycles. The molecule has 0 fully saturated rings. The Morgan fingerprint density at radius 1 is 1.55 bits per heavy atom. The molecule has 0 spiro atoms. The molecule has 1 aromatic heterocycles. The summed E-state index contributed by atoms with van der Waals surface area (Å²) in [4.78, 5) is 14.7. The van der Waals surface area contributed by atoms with Crippen LogP contribution in [0.15, 0.2) is 27.9 Å². The Hall–Kier alpha value is -1.91. The van der Waals surface area contributed by atoms with Crippen LogP contribution >= 0.6 is 23.1 Å². The molecule has 0 aliphatic carbocycles. The highest BCUT2D eigenvalue weighted by Crippen LogP contribution is 2.27. The van der Waals surface area contributed by atoms with E-state index in [4.69, 9.17) is 10.4 Å². The number of nitrogens with zero attached hydrogens (tertiary/aromatic N) is 2. The number of carboxylic acid groups (broad SMARTS) is 1. The highest BCUT2D eigenvalue weighted by atomic mass is 32.2. The van der Waals surface area contributed by atoms with Crippen LogP contribution < -0.4 is 0 Å². The lowest BCUT2D eigenvalue weighted by Gasteiger charge is -2.00. The molecule has 0 aliphatic heterocycles. The topological polar surface area (TPSA) is 74.0 Å². The predicted octanol–water partition coefficient (Wildman–Crippen LogP) is 3.07. The van der Waals surface area contributed by atoms with Gasteiger partial charge in [-0.15, -0.1) is 11.3 Å². The van der Waals surface area contributed by atoms with Gasteiger partial charge >= 0.3 is 5.97 Å². The maximum absolute atomic E-state index is 13.2. The van der Waals surface area contributed by atoms with Crippen molar-refractivity contribution in [2.75, 3.05) is 0 Å². The van der Waals surface area contributed by atoms with Crippen molar-refractivity contribution in [1.29, 1.82) is 5.26 Å². The minimum absolute atomic E-state index is 0.0220. The SMILES string of the molecule is N#Cc1cc(CSc2nc(CC(=O)O)cs2)ccc1F. The first kappa shape index (κ1) is 14.5. The third-order valence-electron chi connectivity index (χ3n) is 2.38. The second-order valence-electron chi connectivity index (χ2n) is 3.89. The van der Waals surface area contributed by atoms with Crippen LogP contribution in [0.2, 0.25) is 0 Å². The summed E-state index contributed by atoms with van der Waals surface area (Å²) < 4.78 is 13.9. The molecular formula is C13H9FN2O2S2. The number of nitriles is 1. The van der Waals surface area contributed by atoms with E-state index in [1.165, 1.54) is 35.2 Å². The summed E-state index contributed by atoms with van der Waals surface area (Å²) in [6.07, 6.45) is -0.0911. The second-order valence-corrected chi connectivity index (χ2v) is 5.97. The minimum atomic E-state index is -0.913. The van der Waals surface area contributed by atoms with E-state index in [-0.39, 0.29) is 12.0 Å². The fraction of sp³-hybridized carbons (Fsp3) is 0.154. The van der Waals surface area contributed by atoms with Crippen LogP contribution in [0.25, 0.3) is 0 Å². The van der Waals surface area contributed by atoms with Gasteiger partial charge in [-0.3, -0.25) is 4.79 Å². The van der Waals surface area contributed by atoms with Gasteiger partial charge in [-0.2, -0.15) is 5.26 Å². The van der Waals surface area contributed by atoms with Gasteiger partial charge in [-0.05, 0) is 17.7 Å². The fourth-order valence-corrected chi connectivity index (χ4v) is 3.27. The minimum Gasteiger partial charge on any atom is -0.481 e. The summed E-state index contributed by atoms with van der Waals surface area (Å²) in [6.45, 7) is 0. The Morgan fingerprint density at radius 3 is 3.05 bits per heavy atom. The fourth-order valence-electron chi connectivity index (χ4n) is 1.48. The van der Waals surface area contributed by atoms with Crippen LogP contribution in [0.5, 0.6) is 0 Å². The molecule has 0 amide bonds. The van der Waals surface area contributed by atoms with Gasteiger partial charge in [-0.25, -0.2) is 9.37 Å². The molecule has 2 aromatic rings. The van der Waals surface area contributed by atoms with Crippen LogP contribution in [0, 0.1) is 17.1 Å². The largest absolute Gasteiger partial charge is 0.481 e. The molecule has 0 radical (unpaired) electrons. The van der Waals surface area contributed by atoms with Gasteiger partial charge in [0.1, 0.15) is 16.2 Å². The number of carboxylic acids is 1. The van der Waals surface area contributed by atoms with Crippen molar-refractivity contribution < 1.29 is 14.3 Å². The van der Waals surface area contributed by atoms with Gasteiger partial charge in [-0.1, -0.05) is 17.8 Å². The molecule has 0 bridgehead atoms. The molecule has 1 heterocycles. The first-order valence-electron chi connectivity index (χ1n) is 5.56. The van der Waals surface area contributed by atoms with E-state index in [1.54, 1.807) is 17.5 Å². The van der Waals surface area contributed by atoms with E-state index in [9.17, 15) is 9.18 Å². The summed E-state index contributed by atoms with van der Waals surface area (Å²) in [5.74, 6) is -0.891. The van der Waals surface area contributed by atoms with Gasteiger partial charge < -0.3 is 5.11 Å². The van der Waals surface area contributed by atoms with Crippen molar-refractivity contribution in [3.63, 3.8) is 0 Å². The van der Waals surface area contributed by atoms with Gasteiger partial charge in [0.15, 0.2) is 0 Å². The van der Waals surface area contributed by atoms with E-state index in [0.29, 0.717) is 11.4 Å². The van der Waals surface area contributed by atoms with E-state index in [1.807, 2.05) is 0 Å². The molecule has 1 aromatic carbocycles. The Kier molecular flexibility index (Phi) is 4.71. The Bertz CT molecular complexity index is 679. The number of carbonyl (C=O) groups is 1. The Labute approximate surface area is 122 Å². The average Bonchev–Trinajstić information content (AvgIpc) is 2.84. The molecule has 1 N–H and O–H groups in total. The summed E-state index contributed by atoms with van der Waals surface area (Å²) in [6, 6.07) is 6.19. The van der Waals surface area contributed by atoms with Crippen molar-refractivity contribution >= 4 is 29.1 Å². The zero-order chi connectivity index (χ0) is 14.5. The van der Waals surface area contributed by atoms with Crippen LogP contribution in [0.3, 0.4) is 0 Å². The first-order valence-corrected chi connectivity index (χ1v) is 7.42. The van der Waals surface area contributed by atoms with Crippen LogP contribution in [0.1, 0.15) is 16.8 Å². The van der Waals surface area contributed by atoms with Crippen molar-refractivity contribution in [2.45, 2.75) is 16.5 Å². The summed E-state index contributed by atoms with van der Waals surface area (Å²) >= 11 is 2.80. The van der Waals surface area contributed by atoms with Crippen LogP contribution in [0.4, 0.5) is 4.39 Å². The third kappa shape index (κ3) is 3.79. The zero-order valence-corrected chi connectivity index (χ0v) is 11.8. The second kappa shape index (κ2) is 6.50. The molecule has 0 saturated carbocycles. The highest BCUT2D eigenvalue weighted by molar-refractivity contribution is 8.00. The van der Waals surface area contributed by atoms with Gasteiger partial charge in [0.25, 0.3) is 0 Å². The monoisotopic (exact) mass is 308 g/mol. The lowest BCUT2D eigenvalue weighted by molar-refractivity contribution is -0.136. The zero-order valence-electron chi connectivity index (χ0n) is 10.2. The van der Waals surface area contributed by atoms with Gasteiger partial charge in [0.05, 0.1) is 17.7 Å². The predicted molar refractivity (Wildman–Crippen MR) is 74.1 cm³/mol. The van der Waals surface area contributed by atoms with Gasteiger partial charge in [0, 0.05) is 11.1 Å². The molecule has 4 nitrogen and oxygen atoms in total. The number of rotatable bonds is 5. The maximum atomic E-state index is 13.2. The first-order chi connectivity index (χ1) is 9.58. The highest BCUT2D eigenvalue weighted by Gasteiger charge is 2.08. The molecule has 0 atom stereocenters. The Morgan fingerprint density at radius 2 is 2.35 bits per heavy atom. The Balaban J connectivity index is 2.00. The van der Waals surface area contributed by atoms with Crippen LogP contribution in [-0.4, -0.2) is 16.1 Å². The maximum Gasteiger partial charge on any atom is 0.309 e. The molecule has 0 aliphatic rings. The number of benzene rings is 1. The number of aliphatic carboxylic acids is 1. The van der Waals surface area contributed by atoms with E-state index < -0.39 is 11.8 Å². The molecule has 2 rings (SSSR count). The lowest BCUT2D eigenvalue weighted by atomic mass is 10.1. The van der Waals surface area contributed by atoms with Crippen molar-refractivity contribution in [1.82, 2.24) is 4.98 Å². The van der Waals surface area contributed by atoms with Crippen molar-refractivity contribution in [2.24, 2.45) is 0 Å². The standard InChI is InChI=1S/C13H9FN2O2S2/c14-11-2-1-8(3-9(11)5-15)6-19-13-16-10(7-20-13)4-12(17)18/h1-3,7H,4,6H2,(H,17,18). The summed E-state index contributed by atoms with van der Waals surface area (Å²) in [5.41, 5.74) is 1.37. The normalized spacial score (nSPS) is 10.2. The number of hydrogen-bond acceptors (Lipinski definition) is 5. The molecule has 20 heavy (non-hydrogen) atoms. The average molecular weight is 308 g/mol. The van der Waals surface area contributed by atoms with E-state index in [2.05, 4.69) is 4.98 Å². The number of halogens is 1. The third-order valence-corrected chi connectivity index (χ3v) is 4.52. The quantitative estimate of drug-likeness (QED) is 0.859. The van der Waals surface area contributed by atoms with Crippen LogP contribution in [-0.2, 0) is 17.0 Å². The molecule has 7 heteroatoms. The number of thiazole rings is 1. The van der Waals surface area contributed by atoms with Crippen molar-refractivity contribution in [3.8, 4) is 6.07 Å². The van der Waals surface area contributed by atoms with E-state index >= 15 is 0 Å². The van der Waals surface area contributed by atoms with Crippen molar-refractivity contribution in [3.05, 3.63) is 46.2 Å². The van der Waals surface area contributed by atoms with Gasteiger partial charge in [0.2, 0.25) is 0 Å². The lowest BCUT2D eigenvalue weighted by Crippen LogP contribution is -1.99. The smallest absolute Gasteiger partial charge is 0.309 e. The van der Waals surface area contributed by atoms with E-state index in [0.717, 1.165) is 9.90 Å².